The highest BCUT2D eigenvalue weighted by atomic mass is 32.1. The van der Waals surface area contributed by atoms with Crippen LogP contribution in [0.3, 0.4) is 0 Å². The van der Waals surface area contributed by atoms with Crippen molar-refractivity contribution < 1.29 is 4.79 Å². The summed E-state index contributed by atoms with van der Waals surface area (Å²) in [5.41, 5.74) is 4.48. The number of rotatable bonds is 5. The van der Waals surface area contributed by atoms with E-state index in [2.05, 4.69) is 46.1 Å². The van der Waals surface area contributed by atoms with E-state index in [0.717, 1.165) is 60.3 Å². The molecule has 1 saturated heterocycles. The zero-order chi connectivity index (χ0) is 20.2. The summed E-state index contributed by atoms with van der Waals surface area (Å²) in [4.78, 5) is 27.0. The minimum Gasteiger partial charge on any atom is -0.335 e. The topological polar surface area (TPSA) is 49.3 Å². The fourth-order valence-corrected chi connectivity index (χ4v) is 4.64. The number of hydrogen-bond donors (Lipinski definition) is 0. The molecule has 150 valence electrons. The number of pyridine rings is 1. The Morgan fingerprint density at radius 1 is 1.00 bits per heavy atom. The van der Waals surface area contributed by atoms with Crippen LogP contribution in [0.5, 0.6) is 0 Å². The molecule has 3 heterocycles. The SMILES string of the molecule is CCc1ccc(-c2nc(C)c(C(=O)N3CCN(Cc4ccncc4)CC3)s2)cc1. The van der Waals surface area contributed by atoms with Crippen LogP contribution >= 0.6 is 11.3 Å². The Hall–Kier alpha value is -2.57. The number of aryl methyl sites for hydroxylation is 2. The average Bonchev–Trinajstić information content (AvgIpc) is 3.16. The molecule has 4 rings (SSSR count). The Balaban J connectivity index is 1.40. The molecule has 0 radical (unpaired) electrons. The van der Waals surface area contributed by atoms with Crippen LogP contribution < -0.4 is 0 Å². The number of amides is 1. The molecule has 0 atom stereocenters. The van der Waals surface area contributed by atoms with Gasteiger partial charge in [-0.2, -0.15) is 0 Å². The first kappa shape index (κ1) is 19.7. The smallest absolute Gasteiger partial charge is 0.265 e. The highest BCUT2D eigenvalue weighted by Crippen LogP contribution is 2.29. The van der Waals surface area contributed by atoms with Crippen molar-refractivity contribution in [2.45, 2.75) is 26.8 Å². The van der Waals surface area contributed by atoms with E-state index in [-0.39, 0.29) is 5.91 Å². The van der Waals surface area contributed by atoms with E-state index in [1.54, 1.807) is 0 Å². The van der Waals surface area contributed by atoms with E-state index in [1.165, 1.54) is 22.5 Å². The predicted octanol–water partition coefficient (Wildman–Crippen LogP) is 4.03. The Morgan fingerprint density at radius 2 is 1.69 bits per heavy atom. The van der Waals surface area contributed by atoms with Crippen molar-refractivity contribution in [3.63, 3.8) is 0 Å². The molecule has 0 aliphatic carbocycles. The zero-order valence-electron chi connectivity index (χ0n) is 17.0. The van der Waals surface area contributed by atoms with Gasteiger partial charge in [0.05, 0.1) is 5.69 Å². The first-order valence-electron chi connectivity index (χ1n) is 10.1. The van der Waals surface area contributed by atoms with Gasteiger partial charge >= 0.3 is 0 Å². The number of benzene rings is 1. The van der Waals surface area contributed by atoms with Gasteiger partial charge in [-0.05, 0) is 36.6 Å². The molecule has 0 bridgehead atoms. The summed E-state index contributed by atoms with van der Waals surface area (Å²) < 4.78 is 0. The number of aromatic nitrogens is 2. The minimum absolute atomic E-state index is 0.111. The summed E-state index contributed by atoms with van der Waals surface area (Å²) >= 11 is 1.51. The van der Waals surface area contributed by atoms with Crippen LogP contribution in [0.1, 0.15) is 33.4 Å². The fourth-order valence-electron chi connectivity index (χ4n) is 3.60. The summed E-state index contributed by atoms with van der Waals surface area (Å²) in [6.07, 6.45) is 4.68. The maximum atomic E-state index is 13.1. The summed E-state index contributed by atoms with van der Waals surface area (Å²) in [5.74, 6) is 0.111. The second-order valence-electron chi connectivity index (χ2n) is 7.41. The molecule has 1 aromatic carbocycles. The molecule has 3 aromatic rings. The van der Waals surface area contributed by atoms with Crippen LogP contribution in [0.15, 0.2) is 48.8 Å². The molecule has 0 N–H and O–H groups in total. The Bertz CT molecular complexity index is 960. The standard InChI is InChI=1S/C23H26N4OS/c1-3-18-4-6-20(7-5-18)22-25-17(2)21(29-22)23(28)27-14-12-26(13-15-27)16-19-8-10-24-11-9-19/h4-11H,3,12-16H2,1-2H3. The van der Waals surface area contributed by atoms with Gasteiger partial charge < -0.3 is 4.90 Å². The van der Waals surface area contributed by atoms with Crippen LogP contribution in [-0.2, 0) is 13.0 Å². The third-order valence-corrected chi connectivity index (χ3v) is 6.61. The van der Waals surface area contributed by atoms with E-state index in [0.29, 0.717) is 0 Å². The van der Waals surface area contributed by atoms with Gasteiger partial charge in [0.15, 0.2) is 0 Å². The number of carbonyl (C=O) groups excluding carboxylic acids is 1. The van der Waals surface area contributed by atoms with Crippen molar-refractivity contribution in [1.29, 1.82) is 0 Å². The Labute approximate surface area is 176 Å². The van der Waals surface area contributed by atoms with Crippen molar-refractivity contribution in [1.82, 2.24) is 19.8 Å². The largest absolute Gasteiger partial charge is 0.335 e. The minimum atomic E-state index is 0.111. The summed E-state index contributed by atoms with van der Waals surface area (Å²) in [5, 5.41) is 0.921. The second-order valence-corrected chi connectivity index (χ2v) is 8.41. The van der Waals surface area contributed by atoms with E-state index < -0.39 is 0 Å². The van der Waals surface area contributed by atoms with Crippen molar-refractivity contribution in [3.05, 3.63) is 70.5 Å². The molecule has 5 nitrogen and oxygen atoms in total. The predicted molar refractivity (Wildman–Crippen MR) is 117 cm³/mol. The normalized spacial score (nSPS) is 14.9. The maximum absolute atomic E-state index is 13.1. The average molecular weight is 407 g/mol. The molecule has 0 spiro atoms. The summed E-state index contributed by atoms with van der Waals surface area (Å²) in [6.45, 7) is 8.27. The van der Waals surface area contributed by atoms with Gasteiger partial charge in [0.25, 0.3) is 5.91 Å². The molecule has 0 unspecified atom stereocenters. The second kappa shape index (κ2) is 8.84. The zero-order valence-corrected chi connectivity index (χ0v) is 17.8. The lowest BCUT2D eigenvalue weighted by Crippen LogP contribution is -2.48. The molecule has 1 amide bonds. The molecule has 2 aromatic heterocycles. The number of carbonyl (C=O) groups is 1. The summed E-state index contributed by atoms with van der Waals surface area (Å²) in [6, 6.07) is 12.6. The van der Waals surface area contributed by atoms with Gasteiger partial charge in [-0.1, -0.05) is 31.2 Å². The van der Waals surface area contributed by atoms with Crippen LogP contribution in [0.25, 0.3) is 10.6 Å². The van der Waals surface area contributed by atoms with Gasteiger partial charge in [-0.3, -0.25) is 14.7 Å². The van der Waals surface area contributed by atoms with Crippen molar-refractivity contribution in [2.24, 2.45) is 0 Å². The van der Waals surface area contributed by atoms with Crippen molar-refractivity contribution >= 4 is 17.2 Å². The lowest BCUT2D eigenvalue weighted by molar-refractivity contribution is 0.0632. The first-order chi connectivity index (χ1) is 14.1. The number of nitrogens with zero attached hydrogens (tertiary/aromatic N) is 4. The lowest BCUT2D eigenvalue weighted by Gasteiger charge is -2.34. The van der Waals surface area contributed by atoms with Gasteiger partial charge in [0.2, 0.25) is 0 Å². The first-order valence-corrected chi connectivity index (χ1v) is 10.9. The van der Waals surface area contributed by atoms with Crippen molar-refractivity contribution in [3.8, 4) is 10.6 Å². The van der Waals surface area contributed by atoms with Gasteiger partial charge in [-0.15, -0.1) is 11.3 Å². The molecular formula is C23H26N4OS. The third kappa shape index (κ3) is 4.54. The van der Waals surface area contributed by atoms with Crippen LogP contribution in [0.4, 0.5) is 0 Å². The van der Waals surface area contributed by atoms with Crippen molar-refractivity contribution in [2.75, 3.05) is 26.2 Å². The molecule has 6 heteroatoms. The third-order valence-electron chi connectivity index (χ3n) is 5.42. The molecular weight excluding hydrogens is 380 g/mol. The highest BCUT2D eigenvalue weighted by molar-refractivity contribution is 7.17. The Morgan fingerprint density at radius 3 is 2.34 bits per heavy atom. The van der Waals surface area contributed by atoms with E-state index in [4.69, 9.17) is 0 Å². The fraction of sp³-hybridized carbons (Fsp3) is 0.348. The lowest BCUT2D eigenvalue weighted by atomic mass is 10.1. The molecule has 1 aliphatic rings. The molecule has 1 aliphatic heterocycles. The van der Waals surface area contributed by atoms with E-state index in [1.807, 2.05) is 36.4 Å². The number of piperazine rings is 1. The maximum Gasteiger partial charge on any atom is 0.265 e. The summed E-state index contributed by atoms with van der Waals surface area (Å²) in [7, 11) is 0. The van der Waals surface area contributed by atoms with Crippen LogP contribution in [-0.4, -0.2) is 51.9 Å². The molecule has 0 saturated carbocycles. The Kier molecular flexibility index (Phi) is 6.02. The van der Waals surface area contributed by atoms with Gasteiger partial charge in [-0.25, -0.2) is 4.98 Å². The number of thiazole rings is 1. The number of hydrogen-bond acceptors (Lipinski definition) is 5. The molecule has 29 heavy (non-hydrogen) atoms. The molecule has 1 fully saturated rings. The van der Waals surface area contributed by atoms with E-state index >= 15 is 0 Å². The van der Waals surface area contributed by atoms with E-state index in [9.17, 15) is 4.79 Å². The van der Waals surface area contributed by atoms with Crippen LogP contribution in [0, 0.1) is 6.92 Å². The highest BCUT2D eigenvalue weighted by Gasteiger charge is 2.25. The van der Waals surface area contributed by atoms with Crippen LogP contribution in [0.2, 0.25) is 0 Å². The van der Waals surface area contributed by atoms with Gasteiger partial charge in [0.1, 0.15) is 9.88 Å². The quantitative estimate of drug-likeness (QED) is 0.642. The monoisotopic (exact) mass is 406 g/mol. The van der Waals surface area contributed by atoms with Gasteiger partial charge in [0, 0.05) is 50.7 Å².